The van der Waals surface area contributed by atoms with Gasteiger partial charge in [-0.1, -0.05) is 11.6 Å². The van der Waals surface area contributed by atoms with Crippen LogP contribution < -0.4 is 10.6 Å². The Balaban J connectivity index is 1.69. The van der Waals surface area contributed by atoms with Crippen LogP contribution in [0.1, 0.15) is 11.3 Å². The minimum Gasteiger partial charge on any atom is -0.466 e. The van der Waals surface area contributed by atoms with E-state index >= 15 is 0 Å². The van der Waals surface area contributed by atoms with E-state index in [9.17, 15) is 19.1 Å². The second kappa shape index (κ2) is 7.91. The third-order valence-electron chi connectivity index (χ3n) is 3.82. The van der Waals surface area contributed by atoms with E-state index in [4.69, 9.17) is 16.0 Å². The molecule has 0 unspecified atom stereocenters. The van der Waals surface area contributed by atoms with Gasteiger partial charge in [0.1, 0.15) is 11.6 Å². The average Bonchev–Trinajstić information content (AvgIpc) is 3.36. The van der Waals surface area contributed by atoms with Crippen LogP contribution in [0.3, 0.4) is 0 Å². The fourth-order valence-corrected chi connectivity index (χ4v) is 3.30. The second-order valence-corrected chi connectivity index (χ2v) is 6.80. The van der Waals surface area contributed by atoms with E-state index in [-0.39, 0.29) is 23.0 Å². The van der Waals surface area contributed by atoms with E-state index in [1.807, 2.05) is 0 Å². The number of amides is 2. The van der Waals surface area contributed by atoms with Gasteiger partial charge >= 0.3 is 11.8 Å². The van der Waals surface area contributed by atoms with Crippen molar-refractivity contribution in [3.8, 4) is 0 Å². The number of furan rings is 1. The second-order valence-electron chi connectivity index (χ2n) is 5.62. The number of rotatable bonds is 5. The summed E-state index contributed by atoms with van der Waals surface area (Å²) in [4.78, 5) is 24.2. The number of nitrogens with one attached hydrogen (secondary N) is 2. The largest absolute Gasteiger partial charge is 0.466 e. The van der Waals surface area contributed by atoms with Crippen molar-refractivity contribution in [2.24, 2.45) is 0 Å². The summed E-state index contributed by atoms with van der Waals surface area (Å²) in [5.41, 5.74) is -0.937. The van der Waals surface area contributed by atoms with Crippen LogP contribution in [-0.2, 0) is 15.2 Å². The summed E-state index contributed by atoms with van der Waals surface area (Å²) >= 11 is 7.01. The van der Waals surface area contributed by atoms with E-state index in [0.29, 0.717) is 5.56 Å². The molecule has 0 aliphatic heterocycles. The van der Waals surface area contributed by atoms with Gasteiger partial charge in [-0.25, -0.2) is 4.39 Å². The molecule has 27 heavy (non-hydrogen) atoms. The van der Waals surface area contributed by atoms with Crippen LogP contribution >= 0.6 is 22.9 Å². The minimum absolute atomic E-state index is 0.167. The van der Waals surface area contributed by atoms with E-state index in [1.54, 1.807) is 29.0 Å². The lowest BCUT2D eigenvalue weighted by atomic mass is 9.93. The number of aliphatic hydroxyl groups is 1. The van der Waals surface area contributed by atoms with Crippen LogP contribution in [0.15, 0.2) is 57.8 Å². The lowest BCUT2D eigenvalue weighted by Crippen LogP contribution is -2.45. The van der Waals surface area contributed by atoms with Crippen molar-refractivity contribution in [1.29, 1.82) is 0 Å². The van der Waals surface area contributed by atoms with Gasteiger partial charge in [0.25, 0.3) is 0 Å². The molecule has 9 heteroatoms. The first-order valence-electron chi connectivity index (χ1n) is 7.73. The zero-order valence-electron chi connectivity index (χ0n) is 13.7. The normalized spacial score (nSPS) is 13.0. The molecule has 0 aliphatic carbocycles. The smallest absolute Gasteiger partial charge is 0.313 e. The van der Waals surface area contributed by atoms with Gasteiger partial charge in [0, 0.05) is 11.3 Å². The summed E-state index contributed by atoms with van der Waals surface area (Å²) in [7, 11) is 0. The molecule has 2 amide bonds. The highest BCUT2D eigenvalue weighted by Crippen LogP contribution is 2.31. The first-order valence-corrected chi connectivity index (χ1v) is 9.05. The van der Waals surface area contributed by atoms with Crippen LogP contribution in [0, 0.1) is 5.82 Å². The molecule has 0 saturated carbocycles. The number of carbonyl (C=O) groups excluding carboxylic acids is 2. The minimum atomic E-state index is -1.63. The monoisotopic (exact) mass is 408 g/mol. The van der Waals surface area contributed by atoms with Crippen molar-refractivity contribution in [3.63, 3.8) is 0 Å². The van der Waals surface area contributed by atoms with Crippen molar-refractivity contribution in [2.45, 2.75) is 5.60 Å². The van der Waals surface area contributed by atoms with Gasteiger partial charge in [0.05, 0.1) is 17.8 Å². The van der Waals surface area contributed by atoms with Crippen molar-refractivity contribution in [1.82, 2.24) is 5.32 Å². The van der Waals surface area contributed by atoms with Crippen LogP contribution in [-0.4, -0.2) is 23.5 Å². The molecule has 2 heterocycles. The molecule has 2 aromatic heterocycles. The first-order chi connectivity index (χ1) is 12.9. The Morgan fingerprint density at radius 3 is 2.70 bits per heavy atom. The Morgan fingerprint density at radius 1 is 1.26 bits per heavy atom. The van der Waals surface area contributed by atoms with Crippen LogP contribution in [0.4, 0.5) is 10.1 Å². The molecule has 140 valence electrons. The van der Waals surface area contributed by atoms with Gasteiger partial charge in [-0.05, 0) is 47.2 Å². The predicted molar refractivity (Wildman–Crippen MR) is 99.1 cm³/mol. The fraction of sp³-hybridized carbons (Fsp3) is 0.111. The molecule has 0 aliphatic rings. The molecule has 0 bridgehead atoms. The lowest BCUT2D eigenvalue weighted by molar-refractivity contribution is -0.136. The molecular formula is C18H14ClFN2O4S. The summed E-state index contributed by atoms with van der Waals surface area (Å²) in [6, 6.07) is 8.41. The van der Waals surface area contributed by atoms with Gasteiger partial charge < -0.3 is 20.2 Å². The molecule has 0 radical (unpaired) electrons. The fourth-order valence-electron chi connectivity index (χ4n) is 2.40. The predicted octanol–water partition coefficient (Wildman–Crippen LogP) is 3.12. The maximum absolute atomic E-state index is 13.2. The first kappa shape index (κ1) is 19.1. The highest BCUT2D eigenvalue weighted by Gasteiger charge is 2.36. The Labute approximate surface area is 162 Å². The SMILES string of the molecule is O=C(NC[C@](O)(c1ccsc1)c1ccco1)C(=O)Nc1ccc(F)c(Cl)c1. The molecule has 6 nitrogen and oxygen atoms in total. The third kappa shape index (κ3) is 4.19. The van der Waals surface area contributed by atoms with Crippen LogP contribution in [0.25, 0.3) is 0 Å². The number of halogens is 2. The van der Waals surface area contributed by atoms with E-state index in [1.165, 1.54) is 29.7 Å². The standard InChI is InChI=1S/C18H14ClFN2O4S/c19-13-8-12(3-4-14(13)20)22-17(24)16(23)21-10-18(25,11-5-7-27-9-11)15-2-1-6-26-15/h1-9,25H,10H2,(H,21,23)(H,22,24)/t18-/m0/s1. The van der Waals surface area contributed by atoms with E-state index in [2.05, 4.69) is 10.6 Å². The number of carbonyl (C=O) groups is 2. The summed E-state index contributed by atoms with van der Waals surface area (Å²) in [6.07, 6.45) is 1.40. The molecule has 3 rings (SSSR count). The molecule has 1 aromatic carbocycles. The number of benzene rings is 1. The van der Waals surface area contributed by atoms with E-state index < -0.39 is 23.2 Å². The van der Waals surface area contributed by atoms with Crippen molar-refractivity contribution < 1.29 is 23.5 Å². The molecule has 0 saturated heterocycles. The van der Waals surface area contributed by atoms with Gasteiger partial charge in [-0.3, -0.25) is 9.59 Å². The van der Waals surface area contributed by atoms with Crippen molar-refractivity contribution >= 4 is 40.4 Å². The third-order valence-corrected chi connectivity index (χ3v) is 4.79. The van der Waals surface area contributed by atoms with Gasteiger partial charge in [-0.2, -0.15) is 11.3 Å². The molecular weight excluding hydrogens is 395 g/mol. The average molecular weight is 409 g/mol. The topological polar surface area (TPSA) is 91.6 Å². The van der Waals surface area contributed by atoms with Gasteiger partial charge in [0.2, 0.25) is 0 Å². The zero-order chi connectivity index (χ0) is 19.4. The Bertz CT molecular complexity index is 910. The number of hydrogen-bond acceptors (Lipinski definition) is 5. The number of thiophene rings is 1. The Kier molecular flexibility index (Phi) is 5.59. The molecule has 0 fully saturated rings. The highest BCUT2D eigenvalue weighted by atomic mass is 35.5. The summed E-state index contributed by atoms with van der Waals surface area (Å²) in [5, 5.41) is 19.0. The number of hydrogen-bond donors (Lipinski definition) is 3. The van der Waals surface area contributed by atoms with Crippen LogP contribution in [0.5, 0.6) is 0 Å². The van der Waals surface area contributed by atoms with Crippen molar-refractivity contribution in [2.75, 3.05) is 11.9 Å². The van der Waals surface area contributed by atoms with Crippen LogP contribution in [0.2, 0.25) is 5.02 Å². The Morgan fingerprint density at radius 2 is 2.07 bits per heavy atom. The lowest BCUT2D eigenvalue weighted by Gasteiger charge is -2.25. The summed E-state index contributed by atoms with van der Waals surface area (Å²) < 4.78 is 18.4. The van der Waals surface area contributed by atoms with E-state index in [0.717, 1.165) is 6.07 Å². The summed E-state index contributed by atoms with van der Waals surface area (Å²) in [5.74, 6) is -2.37. The number of anilines is 1. The molecule has 3 aromatic rings. The van der Waals surface area contributed by atoms with Crippen molar-refractivity contribution in [3.05, 3.63) is 75.6 Å². The van der Waals surface area contributed by atoms with Gasteiger partial charge in [0.15, 0.2) is 5.60 Å². The highest BCUT2D eigenvalue weighted by molar-refractivity contribution is 7.08. The van der Waals surface area contributed by atoms with Gasteiger partial charge in [-0.15, -0.1) is 0 Å². The maximum Gasteiger partial charge on any atom is 0.313 e. The maximum atomic E-state index is 13.2. The molecule has 3 N–H and O–H groups in total. The Hall–Kier alpha value is -2.68. The molecule has 0 spiro atoms. The summed E-state index contributed by atoms with van der Waals surface area (Å²) in [6.45, 7) is -0.284. The zero-order valence-corrected chi connectivity index (χ0v) is 15.3. The molecule has 1 atom stereocenters. The quantitative estimate of drug-likeness (QED) is 0.566.